The van der Waals surface area contributed by atoms with E-state index in [1.54, 1.807) is 0 Å². The molecule has 5 atom stereocenters. The van der Waals surface area contributed by atoms with Crippen LogP contribution in [0.15, 0.2) is 36.4 Å². The molecule has 2 aliphatic carbocycles. The minimum atomic E-state index is -0.453. The Morgan fingerprint density at radius 1 is 1.15 bits per heavy atom. The van der Waals surface area contributed by atoms with Gasteiger partial charge in [-0.15, -0.1) is 11.6 Å². The van der Waals surface area contributed by atoms with Crippen LogP contribution in [0, 0.1) is 11.8 Å². The van der Waals surface area contributed by atoms with Crippen LogP contribution in [0.25, 0.3) is 0 Å². The number of esters is 1. The quantitative estimate of drug-likeness (QED) is 0.176. The van der Waals surface area contributed by atoms with Crippen LogP contribution in [0.3, 0.4) is 0 Å². The second-order valence-corrected chi connectivity index (χ2v) is 10.7. The zero-order valence-corrected chi connectivity index (χ0v) is 20.9. The lowest BCUT2D eigenvalue weighted by molar-refractivity contribution is -0.147. The van der Waals surface area contributed by atoms with E-state index in [1.165, 1.54) is 19.3 Å². The van der Waals surface area contributed by atoms with Crippen molar-refractivity contribution in [2.24, 2.45) is 11.8 Å². The average Bonchev–Trinajstić information content (AvgIpc) is 3.08. The van der Waals surface area contributed by atoms with E-state index in [1.807, 2.05) is 26.0 Å². The molecule has 0 aromatic heterocycles. The fraction of sp³-hybridized carbons (Fsp3) is 0.679. The van der Waals surface area contributed by atoms with Crippen LogP contribution in [0.1, 0.15) is 101 Å². The molecule has 2 N–H and O–H groups in total. The zero-order valence-electron chi connectivity index (χ0n) is 20.2. The van der Waals surface area contributed by atoms with Gasteiger partial charge in [-0.25, -0.2) is 0 Å². The molecule has 4 nitrogen and oxygen atoms in total. The minimum Gasteiger partial charge on any atom is -0.463 e. The Hall–Kier alpha value is -1.36. The van der Waals surface area contributed by atoms with Gasteiger partial charge in [0.05, 0.1) is 18.3 Å². The maximum Gasteiger partial charge on any atom is 0.306 e. The van der Waals surface area contributed by atoms with Crippen molar-refractivity contribution in [3.63, 3.8) is 0 Å². The summed E-state index contributed by atoms with van der Waals surface area (Å²) < 4.78 is 5.16. The molecular formula is C28H41ClO4. The van der Waals surface area contributed by atoms with E-state index in [0.717, 1.165) is 43.2 Å². The molecule has 184 valence electrons. The first-order valence-electron chi connectivity index (χ1n) is 12.8. The van der Waals surface area contributed by atoms with Crippen LogP contribution in [0.5, 0.6) is 0 Å². The second kappa shape index (κ2) is 12.9. The molecule has 1 unspecified atom stereocenters. The summed E-state index contributed by atoms with van der Waals surface area (Å²) in [5.41, 5.74) is 2.08. The SMILES string of the molecule is CC(C)OC(=O)CCC/C=C\C[C@@H]1[C@@H](c2ccc(C(O)C3CCCCC3)cc2)[C@H](O)C[C@H]1Cl. The number of alkyl halides is 1. The number of hydrogen-bond acceptors (Lipinski definition) is 4. The summed E-state index contributed by atoms with van der Waals surface area (Å²) in [6.07, 6.45) is 12.7. The van der Waals surface area contributed by atoms with Gasteiger partial charge in [0.15, 0.2) is 0 Å². The lowest BCUT2D eigenvalue weighted by atomic mass is 9.81. The number of unbranched alkanes of at least 4 members (excludes halogenated alkanes) is 1. The molecule has 2 fully saturated rings. The third kappa shape index (κ3) is 7.56. The van der Waals surface area contributed by atoms with Crippen molar-refractivity contribution in [2.45, 2.75) is 108 Å². The molecule has 33 heavy (non-hydrogen) atoms. The summed E-state index contributed by atoms with van der Waals surface area (Å²) in [7, 11) is 0. The van der Waals surface area contributed by atoms with Gasteiger partial charge in [-0.3, -0.25) is 4.79 Å². The molecule has 5 heteroatoms. The second-order valence-electron chi connectivity index (χ2n) is 10.2. The smallest absolute Gasteiger partial charge is 0.306 e. The predicted octanol–water partition coefficient (Wildman–Crippen LogP) is 6.44. The summed E-state index contributed by atoms with van der Waals surface area (Å²) >= 11 is 6.64. The summed E-state index contributed by atoms with van der Waals surface area (Å²) in [5, 5.41) is 21.5. The molecule has 0 bridgehead atoms. The summed E-state index contributed by atoms with van der Waals surface area (Å²) in [5.74, 6) is 0.381. The average molecular weight is 477 g/mol. The largest absolute Gasteiger partial charge is 0.463 e. The van der Waals surface area contributed by atoms with Gasteiger partial charge in [0, 0.05) is 17.7 Å². The number of hydrogen-bond donors (Lipinski definition) is 2. The maximum atomic E-state index is 11.6. The highest BCUT2D eigenvalue weighted by atomic mass is 35.5. The summed E-state index contributed by atoms with van der Waals surface area (Å²) in [6, 6.07) is 8.21. The van der Waals surface area contributed by atoms with Gasteiger partial charge < -0.3 is 14.9 Å². The van der Waals surface area contributed by atoms with Crippen LogP contribution in [-0.2, 0) is 9.53 Å². The Labute approximate surface area is 204 Å². The van der Waals surface area contributed by atoms with Crippen molar-refractivity contribution >= 4 is 17.6 Å². The van der Waals surface area contributed by atoms with Gasteiger partial charge in [0.2, 0.25) is 0 Å². The molecule has 1 aromatic carbocycles. The first-order valence-corrected chi connectivity index (χ1v) is 13.2. The van der Waals surface area contributed by atoms with E-state index >= 15 is 0 Å². The summed E-state index contributed by atoms with van der Waals surface area (Å²) in [6.45, 7) is 3.72. The number of rotatable bonds is 10. The highest BCUT2D eigenvalue weighted by molar-refractivity contribution is 6.21. The Balaban J connectivity index is 1.54. The third-order valence-corrected chi connectivity index (χ3v) is 7.76. The number of carbonyl (C=O) groups excluding carboxylic acids is 1. The van der Waals surface area contributed by atoms with Crippen molar-refractivity contribution in [3.05, 3.63) is 47.5 Å². The number of carbonyl (C=O) groups is 1. The Bertz CT molecular complexity index is 754. The van der Waals surface area contributed by atoms with Gasteiger partial charge in [0.1, 0.15) is 0 Å². The molecule has 0 aliphatic heterocycles. The van der Waals surface area contributed by atoms with E-state index in [4.69, 9.17) is 16.3 Å². The minimum absolute atomic E-state index is 0.000886. The van der Waals surface area contributed by atoms with E-state index in [2.05, 4.69) is 24.3 Å². The topological polar surface area (TPSA) is 66.8 Å². The van der Waals surface area contributed by atoms with Crippen LogP contribution in [-0.4, -0.2) is 33.8 Å². The van der Waals surface area contributed by atoms with Gasteiger partial charge >= 0.3 is 5.97 Å². The summed E-state index contributed by atoms with van der Waals surface area (Å²) in [4.78, 5) is 11.6. The number of ether oxygens (including phenoxy) is 1. The molecular weight excluding hydrogens is 436 g/mol. The first-order chi connectivity index (χ1) is 15.9. The molecule has 0 radical (unpaired) electrons. The monoisotopic (exact) mass is 476 g/mol. The van der Waals surface area contributed by atoms with E-state index in [-0.39, 0.29) is 29.3 Å². The first kappa shape index (κ1) is 26.2. The number of aliphatic hydroxyl groups is 2. The van der Waals surface area contributed by atoms with Gasteiger partial charge in [-0.2, -0.15) is 0 Å². The van der Waals surface area contributed by atoms with Crippen molar-refractivity contribution in [1.82, 2.24) is 0 Å². The zero-order chi connectivity index (χ0) is 23.8. The van der Waals surface area contributed by atoms with Gasteiger partial charge in [-0.05, 0) is 75.3 Å². The third-order valence-electron chi connectivity index (χ3n) is 7.26. The lowest BCUT2D eigenvalue weighted by Crippen LogP contribution is -2.19. The molecule has 0 spiro atoms. The molecule has 0 saturated heterocycles. The van der Waals surface area contributed by atoms with Crippen molar-refractivity contribution in [2.75, 3.05) is 0 Å². The van der Waals surface area contributed by atoms with Crippen molar-refractivity contribution in [1.29, 1.82) is 0 Å². The molecule has 3 rings (SSSR count). The maximum absolute atomic E-state index is 11.6. The Kier molecular flexibility index (Phi) is 10.3. The van der Waals surface area contributed by atoms with Gasteiger partial charge in [-0.1, -0.05) is 55.7 Å². The van der Waals surface area contributed by atoms with Crippen molar-refractivity contribution in [3.8, 4) is 0 Å². The Morgan fingerprint density at radius 2 is 1.85 bits per heavy atom. The van der Waals surface area contributed by atoms with Crippen LogP contribution >= 0.6 is 11.6 Å². The standard InChI is InChI=1S/C28H41ClO4/c1-19(2)33-26(31)13-9-4-3-8-12-23-24(29)18-25(30)27(23)20-14-16-22(17-15-20)28(32)21-10-6-5-7-11-21/h3,8,14-17,19,21,23-25,27-28,30,32H,4-7,9-13,18H2,1-2H3/b8-3-/t23-,24+,25+,27+,28?/m0/s1. The number of halogens is 1. The van der Waals surface area contributed by atoms with Crippen LogP contribution in [0.4, 0.5) is 0 Å². The molecule has 2 saturated carbocycles. The number of benzene rings is 1. The number of aliphatic hydroxyl groups excluding tert-OH is 2. The van der Waals surface area contributed by atoms with E-state index in [9.17, 15) is 15.0 Å². The molecule has 2 aliphatic rings. The molecule has 0 amide bonds. The van der Waals surface area contributed by atoms with E-state index in [0.29, 0.717) is 18.8 Å². The fourth-order valence-electron chi connectivity index (χ4n) is 5.52. The predicted molar refractivity (Wildman–Crippen MR) is 133 cm³/mol. The lowest BCUT2D eigenvalue weighted by Gasteiger charge is -2.27. The van der Waals surface area contributed by atoms with Crippen molar-refractivity contribution < 1.29 is 19.7 Å². The highest BCUT2D eigenvalue weighted by Gasteiger charge is 2.41. The molecule has 1 aromatic rings. The Morgan fingerprint density at radius 3 is 2.52 bits per heavy atom. The highest BCUT2D eigenvalue weighted by Crippen LogP contribution is 2.45. The number of allylic oxidation sites excluding steroid dienone is 2. The fourth-order valence-corrected chi connectivity index (χ4v) is 5.96. The normalized spacial score (nSPS) is 27.3. The van der Waals surface area contributed by atoms with E-state index < -0.39 is 12.2 Å². The van der Waals surface area contributed by atoms with Crippen LogP contribution in [0.2, 0.25) is 0 Å². The van der Waals surface area contributed by atoms with Crippen LogP contribution < -0.4 is 0 Å². The molecule has 0 heterocycles. The van der Waals surface area contributed by atoms with Gasteiger partial charge in [0.25, 0.3) is 0 Å².